The van der Waals surface area contributed by atoms with E-state index in [1.54, 1.807) is 0 Å². The highest BCUT2D eigenvalue weighted by Gasteiger charge is 2.26. The van der Waals surface area contributed by atoms with E-state index in [0.717, 1.165) is 50.1 Å². The highest BCUT2D eigenvalue weighted by Crippen LogP contribution is 2.38. The molecule has 2 aromatic rings. The molecular formula is C15H20N6O. The second kappa shape index (κ2) is 5.64. The van der Waals surface area contributed by atoms with E-state index in [2.05, 4.69) is 42.3 Å². The van der Waals surface area contributed by atoms with Crippen LogP contribution in [0.3, 0.4) is 0 Å². The Balaban J connectivity index is 1.32. The molecule has 0 atom stereocenters. The summed E-state index contributed by atoms with van der Waals surface area (Å²) >= 11 is 0. The van der Waals surface area contributed by atoms with Gasteiger partial charge in [0.15, 0.2) is 11.6 Å². The molecule has 0 aromatic carbocycles. The number of hydrogen-bond acceptors (Lipinski definition) is 7. The van der Waals surface area contributed by atoms with Gasteiger partial charge in [-0.2, -0.15) is 10.1 Å². The van der Waals surface area contributed by atoms with Crippen LogP contribution in [0, 0.1) is 6.92 Å². The summed E-state index contributed by atoms with van der Waals surface area (Å²) in [5.41, 5.74) is 1.15. The Morgan fingerprint density at radius 1 is 1.14 bits per heavy atom. The van der Waals surface area contributed by atoms with Crippen molar-refractivity contribution in [3.05, 3.63) is 29.5 Å². The van der Waals surface area contributed by atoms with Crippen molar-refractivity contribution in [2.24, 2.45) is 0 Å². The normalized spacial score (nSPS) is 19.6. The fraction of sp³-hybridized carbons (Fsp3) is 0.600. The number of nitrogens with zero attached hydrogens (tertiary/aromatic N) is 6. The summed E-state index contributed by atoms with van der Waals surface area (Å²) in [6.07, 6.45) is 2.53. The molecular weight excluding hydrogens is 280 g/mol. The number of hydrogen-bond donors (Lipinski definition) is 0. The van der Waals surface area contributed by atoms with Gasteiger partial charge >= 0.3 is 0 Å². The highest BCUT2D eigenvalue weighted by molar-refractivity contribution is 5.38. The molecule has 1 aliphatic carbocycles. The second-order valence-electron chi connectivity index (χ2n) is 6.08. The van der Waals surface area contributed by atoms with Crippen LogP contribution in [0.2, 0.25) is 0 Å². The lowest BCUT2D eigenvalue weighted by atomic mass is 10.2. The monoisotopic (exact) mass is 300 g/mol. The largest absolute Gasteiger partial charge is 0.353 e. The lowest BCUT2D eigenvalue weighted by Crippen LogP contribution is -2.46. The number of aryl methyl sites for hydroxylation is 1. The standard InChI is InChI=1S/C15H20N6O/c1-11-16-14(19-22-11)10-20-6-8-21(9-7-20)15-5-4-13(17-18-15)12-2-3-12/h4-5,12H,2-3,6-10H2,1H3. The molecule has 0 radical (unpaired) electrons. The molecule has 0 N–H and O–H groups in total. The minimum absolute atomic E-state index is 0.625. The zero-order valence-electron chi connectivity index (χ0n) is 12.8. The summed E-state index contributed by atoms with van der Waals surface area (Å²) in [6.45, 7) is 6.41. The van der Waals surface area contributed by atoms with Gasteiger partial charge in [-0.25, -0.2) is 0 Å². The third kappa shape index (κ3) is 2.94. The SMILES string of the molecule is Cc1nc(CN2CCN(c3ccc(C4CC4)nn3)CC2)no1. The van der Waals surface area contributed by atoms with Crippen molar-refractivity contribution in [1.29, 1.82) is 0 Å². The molecule has 22 heavy (non-hydrogen) atoms. The van der Waals surface area contributed by atoms with Crippen LogP contribution < -0.4 is 4.90 Å². The minimum atomic E-state index is 0.625. The minimum Gasteiger partial charge on any atom is -0.353 e. The van der Waals surface area contributed by atoms with E-state index in [-0.39, 0.29) is 0 Å². The van der Waals surface area contributed by atoms with Crippen LogP contribution in [0.5, 0.6) is 0 Å². The van der Waals surface area contributed by atoms with Crippen LogP contribution in [0.4, 0.5) is 5.82 Å². The van der Waals surface area contributed by atoms with E-state index >= 15 is 0 Å². The summed E-state index contributed by atoms with van der Waals surface area (Å²) in [4.78, 5) is 8.89. The van der Waals surface area contributed by atoms with Gasteiger partial charge in [0.05, 0.1) is 12.2 Å². The first-order chi connectivity index (χ1) is 10.8. The Morgan fingerprint density at radius 2 is 1.95 bits per heavy atom. The molecule has 7 heteroatoms. The number of anilines is 1. The van der Waals surface area contributed by atoms with Gasteiger partial charge in [0.2, 0.25) is 5.89 Å². The Hall–Kier alpha value is -2.02. The Morgan fingerprint density at radius 3 is 2.55 bits per heavy atom. The first-order valence-corrected chi connectivity index (χ1v) is 7.88. The highest BCUT2D eigenvalue weighted by atomic mass is 16.5. The lowest BCUT2D eigenvalue weighted by molar-refractivity contribution is 0.239. The summed E-state index contributed by atoms with van der Waals surface area (Å²) in [5, 5.41) is 12.7. The predicted octanol–water partition coefficient (Wildman–Crippen LogP) is 1.37. The molecule has 0 spiro atoms. The van der Waals surface area contributed by atoms with Crippen molar-refractivity contribution in [2.75, 3.05) is 31.1 Å². The van der Waals surface area contributed by atoms with Gasteiger partial charge in [-0.15, -0.1) is 5.10 Å². The Kier molecular flexibility index (Phi) is 3.49. The smallest absolute Gasteiger partial charge is 0.223 e. The van der Waals surface area contributed by atoms with E-state index in [1.807, 2.05) is 6.92 Å². The first kappa shape index (κ1) is 13.6. The van der Waals surface area contributed by atoms with E-state index in [4.69, 9.17) is 4.52 Å². The van der Waals surface area contributed by atoms with Crippen molar-refractivity contribution >= 4 is 5.82 Å². The van der Waals surface area contributed by atoms with E-state index in [0.29, 0.717) is 11.8 Å². The maximum absolute atomic E-state index is 5.02. The molecule has 0 amide bonds. The molecule has 2 fully saturated rings. The Labute approximate surface area is 129 Å². The molecule has 3 heterocycles. The summed E-state index contributed by atoms with van der Waals surface area (Å²) in [5.74, 6) is 3.04. The molecule has 116 valence electrons. The third-order valence-corrected chi connectivity index (χ3v) is 4.30. The van der Waals surface area contributed by atoms with Crippen molar-refractivity contribution in [3.63, 3.8) is 0 Å². The Bertz CT molecular complexity index is 628. The van der Waals surface area contributed by atoms with Gasteiger partial charge in [0.1, 0.15) is 0 Å². The van der Waals surface area contributed by atoms with Crippen LogP contribution in [0.25, 0.3) is 0 Å². The van der Waals surface area contributed by atoms with Crippen LogP contribution in [0.15, 0.2) is 16.7 Å². The molecule has 2 aromatic heterocycles. The zero-order chi connectivity index (χ0) is 14.9. The van der Waals surface area contributed by atoms with E-state index in [1.165, 1.54) is 12.8 Å². The van der Waals surface area contributed by atoms with Crippen LogP contribution in [0.1, 0.15) is 36.2 Å². The fourth-order valence-electron chi connectivity index (χ4n) is 2.84. The molecule has 0 bridgehead atoms. The first-order valence-electron chi connectivity index (χ1n) is 7.88. The van der Waals surface area contributed by atoms with Gasteiger partial charge in [-0.05, 0) is 25.0 Å². The summed E-state index contributed by atoms with van der Waals surface area (Å²) in [7, 11) is 0. The average molecular weight is 300 g/mol. The third-order valence-electron chi connectivity index (χ3n) is 4.30. The van der Waals surface area contributed by atoms with Gasteiger partial charge in [0.25, 0.3) is 0 Å². The lowest BCUT2D eigenvalue weighted by Gasteiger charge is -2.34. The van der Waals surface area contributed by atoms with Crippen LogP contribution in [-0.4, -0.2) is 51.4 Å². The van der Waals surface area contributed by atoms with Crippen LogP contribution in [-0.2, 0) is 6.54 Å². The van der Waals surface area contributed by atoms with Gasteiger partial charge in [-0.1, -0.05) is 5.16 Å². The second-order valence-corrected chi connectivity index (χ2v) is 6.08. The van der Waals surface area contributed by atoms with E-state index in [9.17, 15) is 0 Å². The molecule has 1 saturated heterocycles. The fourth-order valence-corrected chi connectivity index (χ4v) is 2.84. The van der Waals surface area contributed by atoms with E-state index < -0.39 is 0 Å². The number of rotatable bonds is 4. The molecule has 1 aliphatic heterocycles. The van der Waals surface area contributed by atoms with Crippen molar-refractivity contribution in [3.8, 4) is 0 Å². The molecule has 7 nitrogen and oxygen atoms in total. The van der Waals surface area contributed by atoms with Crippen molar-refractivity contribution in [2.45, 2.75) is 32.2 Å². The number of piperazine rings is 1. The summed E-state index contributed by atoms with van der Waals surface area (Å²) in [6, 6.07) is 4.24. The predicted molar refractivity (Wildman–Crippen MR) is 80.5 cm³/mol. The zero-order valence-corrected chi connectivity index (χ0v) is 12.8. The molecule has 2 aliphatic rings. The van der Waals surface area contributed by atoms with Gasteiger partial charge in [-0.3, -0.25) is 4.90 Å². The molecule has 0 unspecified atom stereocenters. The molecule has 4 rings (SSSR count). The van der Waals surface area contributed by atoms with Gasteiger partial charge < -0.3 is 9.42 Å². The topological polar surface area (TPSA) is 71.2 Å². The maximum atomic E-state index is 5.02. The van der Waals surface area contributed by atoms with Crippen LogP contribution >= 0.6 is 0 Å². The molecule has 1 saturated carbocycles. The maximum Gasteiger partial charge on any atom is 0.223 e. The average Bonchev–Trinajstić information content (AvgIpc) is 3.32. The number of aromatic nitrogens is 4. The summed E-state index contributed by atoms with van der Waals surface area (Å²) < 4.78 is 5.02. The quantitative estimate of drug-likeness (QED) is 0.844. The van der Waals surface area contributed by atoms with Crippen molar-refractivity contribution in [1.82, 2.24) is 25.2 Å². The van der Waals surface area contributed by atoms with Gasteiger partial charge in [0, 0.05) is 39.0 Å². The van der Waals surface area contributed by atoms with Crippen molar-refractivity contribution < 1.29 is 4.52 Å².